The molecular weight excluding hydrogens is 382 g/mol. The summed E-state index contributed by atoms with van der Waals surface area (Å²) in [4.78, 5) is 2.83. The third-order valence-corrected chi connectivity index (χ3v) is 6.19. The minimum Gasteiger partial charge on any atom is -0.300 e. The molecule has 0 aromatic heterocycles. The van der Waals surface area contributed by atoms with Crippen molar-refractivity contribution < 1.29 is 0 Å². The second-order valence-corrected chi connectivity index (χ2v) is 8.57. The Morgan fingerprint density at radius 3 is 1.62 bits per heavy atom. The van der Waals surface area contributed by atoms with Gasteiger partial charge >= 0.3 is 0 Å². The molecule has 1 saturated heterocycles. The van der Waals surface area contributed by atoms with Crippen LogP contribution in [0.1, 0.15) is 136 Å². The van der Waals surface area contributed by atoms with Crippen molar-refractivity contribution in [2.75, 3.05) is 13.1 Å². The van der Waals surface area contributed by atoms with Crippen LogP contribution in [0.3, 0.4) is 0 Å². The van der Waals surface area contributed by atoms with Crippen molar-refractivity contribution in [3.63, 3.8) is 0 Å². The zero-order chi connectivity index (χ0) is 18.0. The van der Waals surface area contributed by atoms with Gasteiger partial charge in [0.05, 0.1) is 0 Å². The number of rotatable bonds is 18. The molecule has 1 atom stereocenters. The molecule has 1 rings (SSSR count). The van der Waals surface area contributed by atoms with Crippen LogP contribution in [0.25, 0.3) is 0 Å². The van der Waals surface area contributed by atoms with Crippen molar-refractivity contribution in [1.29, 1.82) is 0 Å². The number of unbranched alkanes of at least 4 members (excludes halogenated alkanes) is 14. The summed E-state index contributed by atoms with van der Waals surface area (Å²) in [6.07, 6.45) is 27.7. The fourth-order valence-corrected chi connectivity index (χ4v) is 4.48. The van der Waals surface area contributed by atoms with Gasteiger partial charge in [0.25, 0.3) is 0 Å². The minimum atomic E-state index is 0. The Kier molecular flexibility index (Phi) is 20.5. The van der Waals surface area contributed by atoms with E-state index < -0.39 is 0 Å². The van der Waals surface area contributed by atoms with E-state index in [9.17, 15) is 0 Å². The molecule has 1 aliphatic rings. The van der Waals surface area contributed by atoms with Crippen LogP contribution in [0.2, 0.25) is 0 Å². The lowest BCUT2D eigenvalue weighted by atomic mass is 10.0. The molecular formula is C24H50BrN. The van der Waals surface area contributed by atoms with E-state index >= 15 is 0 Å². The van der Waals surface area contributed by atoms with Gasteiger partial charge in [0, 0.05) is 6.04 Å². The van der Waals surface area contributed by atoms with E-state index in [2.05, 4.69) is 18.7 Å². The first-order valence-electron chi connectivity index (χ1n) is 12.1. The third-order valence-electron chi connectivity index (χ3n) is 6.19. The standard InChI is InChI=1S/C24H49N.BrH/c1-3-5-7-9-11-13-15-17-20-24-21-19-23-25(24)22-18-16-14-12-10-8-6-4-2;/h24H,3-23H2,1-2H3;1H. The topological polar surface area (TPSA) is 3.24 Å². The van der Waals surface area contributed by atoms with Gasteiger partial charge in [-0.2, -0.15) is 0 Å². The van der Waals surface area contributed by atoms with Crippen molar-refractivity contribution in [2.24, 2.45) is 0 Å². The van der Waals surface area contributed by atoms with E-state index in [1.165, 1.54) is 135 Å². The smallest absolute Gasteiger partial charge is 0.00957 e. The minimum absolute atomic E-state index is 0. The summed E-state index contributed by atoms with van der Waals surface area (Å²) < 4.78 is 0. The summed E-state index contributed by atoms with van der Waals surface area (Å²) in [5.74, 6) is 0. The lowest BCUT2D eigenvalue weighted by Gasteiger charge is -2.24. The zero-order valence-electron chi connectivity index (χ0n) is 18.3. The number of hydrogen-bond donors (Lipinski definition) is 0. The Bertz CT molecular complexity index is 243. The molecule has 0 aromatic rings. The van der Waals surface area contributed by atoms with Crippen LogP contribution in [-0.2, 0) is 0 Å². The molecule has 0 radical (unpaired) electrons. The number of hydrogen-bond acceptors (Lipinski definition) is 1. The van der Waals surface area contributed by atoms with Crippen LogP contribution in [0.5, 0.6) is 0 Å². The highest BCUT2D eigenvalue weighted by atomic mass is 79.9. The average Bonchev–Trinajstić information content (AvgIpc) is 3.07. The number of halogens is 1. The average molecular weight is 433 g/mol. The molecule has 1 unspecified atom stereocenters. The predicted molar refractivity (Wildman–Crippen MR) is 125 cm³/mol. The molecule has 1 heterocycles. The quantitative estimate of drug-likeness (QED) is 0.196. The molecule has 0 aliphatic carbocycles. The van der Waals surface area contributed by atoms with Crippen LogP contribution >= 0.6 is 17.0 Å². The molecule has 1 fully saturated rings. The van der Waals surface area contributed by atoms with Gasteiger partial charge in [-0.25, -0.2) is 0 Å². The molecule has 2 heteroatoms. The first-order valence-corrected chi connectivity index (χ1v) is 12.1. The van der Waals surface area contributed by atoms with Crippen molar-refractivity contribution in [3.05, 3.63) is 0 Å². The summed E-state index contributed by atoms with van der Waals surface area (Å²) in [6.45, 7) is 7.38. The van der Waals surface area contributed by atoms with E-state index in [1.807, 2.05) is 0 Å². The fourth-order valence-electron chi connectivity index (χ4n) is 4.48. The van der Waals surface area contributed by atoms with Crippen LogP contribution in [-0.4, -0.2) is 24.0 Å². The van der Waals surface area contributed by atoms with Crippen LogP contribution < -0.4 is 0 Å². The highest BCUT2D eigenvalue weighted by Gasteiger charge is 2.22. The molecule has 0 bridgehead atoms. The first kappa shape index (κ1) is 26.4. The van der Waals surface area contributed by atoms with Crippen molar-refractivity contribution >= 4 is 17.0 Å². The van der Waals surface area contributed by atoms with E-state index in [4.69, 9.17) is 0 Å². The van der Waals surface area contributed by atoms with Gasteiger partial charge in [-0.05, 0) is 38.8 Å². The predicted octanol–water partition coefficient (Wildman–Crippen LogP) is 8.70. The Balaban J connectivity index is 0.00000625. The number of likely N-dealkylation sites (tertiary alicyclic amines) is 1. The second kappa shape index (κ2) is 20.2. The first-order chi connectivity index (χ1) is 12.4. The van der Waals surface area contributed by atoms with E-state index in [0.717, 1.165) is 6.04 Å². The number of nitrogens with zero attached hydrogens (tertiary/aromatic N) is 1. The van der Waals surface area contributed by atoms with Gasteiger partial charge in [-0.15, -0.1) is 17.0 Å². The molecule has 0 aromatic carbocycles. The Labute approximate surface area is 176 Å². The fraction of sp³-hybridized carbons (Fsp3) is 1.00. The van der Waals surface area contributed by atoms with Gasteiger partial charge in [0.2, 0.25) is 0 Å². The lowest BCUT2D eigenvalue weighted by molar-refractivity contribution is 0.233. The second-order valence-electron chi connectivity index (χ2n) is 8.57. The Hall–Kier alpha value is 0.440. The van der Waals surface area contributed by atoms with Crippen LogP contribution in [0.15, 0.2) is 0 Å². The van der Waals surface area contributed by atoms with E-state index in [0.29, 0.717) is 0 Å². The van der Waals surface area contributed by atoms with Crippen molar-refractivity contribution in [2.45, 2.75) is 142 Å². The van der Waals surface area contributed by atoms with Gasteiger partial charge in [0.15, 0.2) is 0 Å². The van der Waals surface area contributed by atoms with Gasteiger partial charge in [-0.1, -0.05) is 110 Å². The third kappa shape index (κ3) is 14.5. The maximum Gasteiger partial charge on any atom is 0.00957 e. The SMILES string of the molecule is Br.CCCCCCCCCCC1CCCN1CCCCCCCCCC. The van der Waals surface area contributed by atoms with Gasteiger partial charge in [0.1, 0.15) is 0 Å². The molecule has 0 spiro atoms. The lowest BCUT2D eigenvalue weighted by Crippen LogP contribution is -2.30. The van der Waals surface area contributed by atoms with Crippen molar-refractivity contribution in [3.8, 4) is 0 Å². The summed E-state index contributed by atoms with van der Waals surface area (Å²) in [6, 6.07) is 0.935. The maximum atomic E-state index is 2.83. The van der Waals surface area contributed by atoms with Gasteiger partial charge < -0.3 is 4.90 Å². The Morgan fingerprint density at radius 1 is 0.615 bits per heavy atom. The molecule has 0 amide bonds. The highest BCUT2D eigenvalue weighted by Crippen LogP contribution is 2.23. The largest absolute Gasteiger partial charge is 0.300 e. The van der Waals surface area contributed by atoms with Crippen LogP contribution in [0.4, 0.5) is 0 Å². The summed E-state index contributed by atoms with van der Waals surface area (Å²) >= 11 is 0. The summed E-state index contributed by atoms with van der Waals surface area (Å²) in [5, 5.41) is 0. The highest BCUT2D eigenvalue weighted by molar-refractivity contribution is 8.93. The van der Waals surface area contributed by atoms with Crippen molar-refractivity contribution in [1.82, 2.24) is 4.90 Å². The molecule has 1 aliphatic heterocycles. The molecule has 158 valence electrons. The van der Waals surface area contributed by atoms with Crippen LogP contribution in [0, 0.1) is 0 Å². The molecule has 1 nitrogen and oxygen atoms in total. The van der Waals surface area contributed by atoms with E-state index in [-0.39, 0.29) is 17.0 Å². The van der Waals surface area contributed by atoms with E-state index in [1.54, 1.807) is 0 Å². The summed E-state index contributed by atoms with van der Waals surface area (Å²) in [7, 11) is 0. The zero-order valence-corrected chi connectivity index (χ0v) is 20.0. The molecule has 0 N–H and O–H groups in total. The Morgan fingerprint density at radius 2 is 1.08 bits per heavy atom. The molecule has 0 saturated carbocycles. The monoisotopic (exact) mass is 431 g/mol. The normalized spacial score (nSPS) is 17.5. The maximum absolute atomic E-state index is 2.83. The summed E-state index contributed by atoms with van der Waals surface area (Å²) in [5.41, 5.74) is 0. The van der Waals surface area contributed by atoms with Gasteiger partial charge in [-0.3, -0.25) is 0 Å². The molecule has 26 heavy (non-hydrogen) atoms.